The molecule has 1 aromatic carbocycles. The van der Waals surface area contributed by atoms with E-state index in [0.717, 1.165) is 11.1 Å². The Morgan fingerprint density at radius 3 is 2.22 bits per heavy atom. The van der Waals surface area contributed by atoms with Crippen LogP contribution < -0.4 is 14.2 Å². The van der Waals surface area contributed by atoms with Gasteiger partial charge in [0.25, 0.3) is 0 Å². The summed E-state index contributed by atoms with van der Waals surface area (Å²) in [6.45, 7) is 7.28. The highest BCUT2D eigenvalue weighted by atomic mass is 16.7. The minimum absolute atomic E-state index is 0.0224. The molecule has 0 heterocycles. The lowest BCUT2D eigenvalue weighted by Crippen LogP contribution is -2.18. The minimum atomic E-state index is -1.12. The Labute approximate surface area is 191 Å². The Bertz CT molecular complexity index is 848. The second-order valence-corrected chi connectivity index (χ2v) is 7.70. The van der Waals surface area contributed by atoms with Gasteiger partial charge in [0.2, 0.25) is 0 Å². The summed E-state index contributed by atoms with van der Waals surface area (Å²) in [6.07, 6.45) is 4.13. The van der Waals surface area contributed by atoms with Crippen LogP contribution in [0.15, 0.2) is 47.1 Å². The summed E-state index contributed by atoms with van der Waals surface area (Å²) in [4.78, 5) is 12.2. The van der Waals surface area contributed by atoms with E-state index < -0.39 is 12.2 Å². The number of rotatable bonds is 13. The van der Waals surface area contributed by atoms with Crippen LogP contribution in [0.1, 0.15) is 52.2 Å². The highest BCUT2D eigenvalue weighted by Gasteiger charge is 2.22. The number of Topliss-reactive ketones (excluding diaryl/α,β-unsaturated/α-hetero) is 1. The van der Waals surface area contributed by atoms with E-state index in [1.807, 2.05) is 20.8 Å². The van der Waals surface area contributed by atoms with Gasteiger partial charge < -0.3 is 29.2 Å². The Morgan fingerprint density at radius 1 is 1.00 bits per heavy atom. The van der Waals surface area contributed by atoms with Crippen molar-refractivity contribution in [3.05, 3.63) is 52.6 Å². The van der Waals surface area contributed by atoms with Crippen molar-refractivity contribution in [2.24, 2.45) is 0 Å². The number of allylic oxidation sites excluding steroid dienone is 3. The van der Waals surface area contributed by atoms with Crippen molar-refractivity contribution < 1.29 is 34.0 Å². The Morgan fingerprint density at radius 2 is 1.66 bits per heavy atom. The standard InChI is InChI=1S/C25H36O7/c1-16(2)13-20(27)24(28)18(4)10-8-9-17(3)14-19(26)23-21(32-15-29-5)11-12-22(30-6)25(23)31-7/h10-14,19-20,26-27H,8-9,15H2,1-7H3/b17-14+,18-10-/t19?,20-/m0/s1. The van der Waals surface area contributed by atoms with Crippen LogP contribution in [0, 0.1) is 0 Å². The summed E-state index contributed by atoms with van der Waals surface area (Å²) < 4.78 is 21.4. The van der Waals surface area contributed by atoms with Crippen molar-refractivity contribution in [2.45, 2.75) is 52.7 Å². The summed E-state index contributed by atoms with van der Waals surface area (Å²) in [5.74, 6) is 0.973. The number of carbonyl (C=O) groups excluding carboxylic acids is 1. The van der Waals surface area contributed by atoms with Crippen LogP contribution in [-0.4, -0.2) is 50.2 Å². The molecule has 0 amide bonds. The number of aliphatic hydroxyl groups excluding tert-OH is 2. The molecule has 1 rings (SSSR count). The van der Waals surface area contributed by atoms with E-state index in [2.05, 4.69) is 0 Å². The molecule has 0 aliphatic heterocycles. The molecular weight excluding hydrogens is 412 g/mol. The predicted octanol–water partition coefficient (Wildman–Crippen LogP) is 4.29. The lowest BCUT2D eigenvalue weighted by Gasteiger charge is -2.19. The quantitative estimate of drug-likeness (QED) is 0.264. The predicted molar refractivity (Wildman–Crippen MR) is 124 cm³/mol. The molecule has 0 aliphatic rings. The fraction of sp³-hybridized carbons (Fsp3) is 0.480. The van der Waals surface area contributed by atoms with Gasteiger partial charge in [-0.25, -0.2) is 0 Å². The molecule has 2 N–H and O–H groups in total. The maximum absolute atomic E-state index is 12.2. The molecule has 7 heteroatoms. The molecule has 0 saturated carbocycles. The second-order valence-electron chi connectivity index (χ2n) is 7.70. The number of ether oxygens (including phenoxy) is 4. The lowest BCUT2D eigenvalue weighted by molar-refractivity contribution is -0.121. The fourth-order valence-electron chi connectivity index (χ4n) is 3.14. The highest BCUT2D eigenvalue weighted by molar-refractivity contribution is 5.99. The second kappa shape index (κ2) is 13.7. The molecule has 0 aliphatic carbocycles. The zero-order chi connectivity index (χ0) is 24.3. The molecule has 0 spiro atoms. The van der Waals surface area contributed by atoms with E-state index in [1.54, 1.807) is 31.2 Å². The normalized spacial score (nSPS) is 13.9. The largest absolute Gasteiger partial charge is 0.493 e. The molecule has 0 bridgehead atoms. The van der Waals surface area contributed by atoms with Crippen LogP contribution in [0.4, 0.5) is 0 Å². The number of ketones is 1. The maximum atomic E-state index is 12.2. The van der Waals surface area contributed by atoms with Crippen molar-refractivity contribution in [3.8, 4) is 17.2 Å². The fourth-order valence-corrected chi connectivity index (χ4v) is 3.14. The third kappa shape index (κ3) is 8.15. The molecule has 1 unspecified atom stereocenters. The molecule has 0 saturated heterocycles. The van der Waals surface area contributed by atoms with Gasteiger partial charge in [-0.15, -0.1) is 0 Å². The van der Waals surface area contributed by atoms with Crippen LogP contribution >= 0.6 is 0 Å². The SMILES string of the molecule is COCOc1ccc(OC)c(OC)c1C(O)/C=C(\C)CC/C=C(/C)C(=O)[C@@H](O)C=C(C)C. The van der Waals surface area contributed by atoms with Crippen molar-refractivity contribution in [3.63, 3.8) is 0 Å². The first-order chi connectivity index (χ1) is 15.2. The number of benzene rings is 1. The average molecular weight is 449 g/mol. The monoisotopic (exact) mass is 448 g/mol. The van der Waals surface area contributed by atoms with Gasteiger partial charge in [0, 0.05) is 7.11 Å². The van der Waals surface area contributed by atoms with Gasteiger partial charge in [0.1, 0.15) is 18.0 Å². The lowest BCUT2D eigenvalue weighted by atomic mass is 10.0. The smallest absolute Gasteiger partial charge is 0.190 e. The zero-order valence-electron chi connectivity index (χ0n) is 20.1. The molecule has 0 fully saturated rings. The van der Waals surface area contributed by atoms with Crippen LogP contribution in [-0.2, 0) is 9.53 Å². The third-order valence-electron chi connectivity index (χ3n) is 4.75. The number of methoxy groups -OCH3 is 3. The van der Waals surface area contributed by atoms with Crippen LogP contribution in [0.5, 0.6) is 17.2 Å². The van der Waals surface area contributed by atoms with Gasteiger partial charge in [-0.1, -0.05) is 23.3 Å². The van der Waals surface area contributed by atoms with Crippen molar-refractivity contribution in [2.75, 3.05) is 28.1 Å². The van der Waals surface area contributed by atoms with E-state index >= 15 is 0 Å². The van der Waals surface area contributed by atoms with E-state index in [-0.39, 0.29) is 12.6 Å². The van der Waals surface area contributed by atoms with Gasteiger partial charge in [0.05, 0.1) is 19.8 Å². The number of hydrogen-bond donors (Lipinski definition) is 2. The van der Waals surface area contributed by atoms with E-state index in [1.165, 1.54) is 27.4 Å². The molecule has 2 atom stereocenters. The zero-order valence-corrected chi connectivity index (χ0v) is 20.1. The molecule has 178 valence electrons. The molecule has 0 radical (unpaired) electrons. The summed E-state index contributed by atoms with van der Waals surface area (Å²) in [7, 11) is 4.54. The van der Waals surface area contributed by atoms with E-state index in [9.17, 15) is 15.0 Å². The van der Waals surface area contributed by atoms with Crippen molar-refractivity contribution in [1.29, 1.82) is 0 Å². The molecule has 1 aromatic rings. The Hall–Kier alpha value is -2.61. The maximum Gasteiger partial charge on any atom is 0.190 e. The Kier molecular flexibility index (Phi) is 11.8. The Balaban J connectivity index is 3.00. The number of aliphatic hydroxyl groups is 2. The van der Waals surface area contributed by atoms with E-state index in [0.29, 0.717) is 41.2 Å². The van der Waals surface area contributed by atoms with Crippen LogP contribution in [0.3, 0.4) is 0 Å². The highest BCUT2D eigenvalue weighted by Crippen LogP contribution is 2.42. The third-order valence-corrected chi connectivity index (χ3v) is 4.75. The molecule has 7 nitrogen and oxygen atoms in total. The van der Waals surface area contributed by atoms with Gasteiger partial charge in [-0.3, -0.25) is 4.79 Å². The number of carbonyl (C=O) groups is 1. The van der Waals surface area contributed by atoms with Crippen LogP contribution in [0.25, 0.3) is 0 Å². The van der Waals surface area contributed by atoms with Crippen LogP contribution in [0.2, 0.25) is 0 Å². The van der Waals surface area contributed by atoms with Gasteiger partial charge in [-0.2, -0.15) is 0 Å². The van der Waals surface area contributed by atoms with Crippen molar-refractivity contribution >= 4 is 5.78 Å². The van der Waals surface area contributed by atoms with Gasteiger partial charge in [0.15, 0.2) is 24.1 Å². The van der Waals surface area contributed by atoms with Gasteiger partial charge >= 0.3 is 0 Å². The number of hydrogen-bond acceptors (Lipinski definition) is 7. The first kappa shape index (κ1) is 27.4. The minimum Gasteiger partial charge on any atom is -0.493 e. The molecular formula is C25H36O7. The topological polar surface area (TPSA) is 94.5 Å². The summed E-state index contributed by atoms with van der Waals surface area (Å²) in [5, 5.41) is 20.9. The summed E-state index contributed by atoms with van der Waals surface area (Å²) >= 11 is 0. The summed E-state index contributed by atoms with van der Waals surface area (Å²) in [5.41, 5.74) is 2.75. The first-order valence-electron chi connectivity index (χ1n) is 10.4. The average Bonchev–Trinajstić information content (AvgIpc) is 2.75. The first-order valence-corrected chi connectivity index (χ1v) is 10.4. The molecule has 32 heavy (non-hydrogen) atoms. The van der Waals surface area contributed by atoms with Gasteiger partial charge in [-0.05, 0) is 64.3 Å². The molecule has 0 aromatic heterocycles. The van der Waals surface area contributed by atoms with Crippen molar-refractivity contribution in [1.82, 2.24) is 0 Å². The van der Waals surface area contributed by atoms with E-state index in [4.69, 9.17) is 18.9 Å². The summed E-state index contributed by atoms with van der Waals surface area (Å²) in [6, 6.07) is 3.39.